The van der Waals surface area contributed by atoms with Crippen LogP contribution in [0, 0.1) is 34.3 Å². The zero-order chi connectivity index (χ0) is 17.2. The number of rotatable bonds is 9. The standard InChI is InChI=1S/C16H18F2N2O3/c1-3-4-7-22-15-13(17)11(9-19)12(10-20)14(18)16(15)23-8-5-6-21-2/h3-8H2,1-2H3. The van der Waals surface area contributed by atoms with Gasteiger partial charge in [0, 0.05) is 20.1 Å². The minimum Gasteiger partial charge on any atom is -0.487 e. The Hall–Kier alpha value is -2.38. The molecule has 0 aliphatic carbocycles. The average molecular weight is 324 g/mol. The third-order valence-corrected chi connectivity index (χ3v) is 3.00. The Morgan fingerprint density at radius 1 is 0.870 bits per heavy atom. The number of hydrogen-bond donors (Lipinski definition) is 0. The van der Waals surface area contributed by atoms with Gasteiger partial charge in [-0.3, -0.25) is 0 Å². The fourth-order valence-corrected chi connectivity index (χ4v) is 1.81. The van der Waals surface area contributed by atoms with Crippen LogP contribution >= 0.6 is 0 Å². The van der Waals surface area contributed by atoms with Crippen molar-refractivity contribution in [3.05, 3.63) is 22.8 Å². The molecule has 1 rings (SSSR count). The fourth-order valence-electron chi connectivity index (χ4n) is 1.81. The summed E-state index contributed by atoms with van der Waals surface area (Å²) in [6, 6.07) is 2.99. The Labute approximate surface area is 134 Å². The Balaban J connectivity index is 3.24. The summed E-state index contributed by atoms with van der Waals surface area (Å²) in [7, 11) is 1.51. The summed E-state index contributed by atoms with van der Waals surface area (Å²) in [6.07, 6.45) is 1.88. The topological polar surface area (TPSA) is 75.3 Å². The van der Waals surface area contributed by atoms with Gasteiger partial charge in [0.25, 0.3) is 0 Å². The molecule has 0 unspecified atom stereocenters. The number of hydrogen-bond acceptors (Lipinski definition) is 5. The summed E-state index contributed by atoms with van der Waals surface area (Å²) >= 11 is 0. The summed E-state index contributed by atoms with van der Waals surface area (Å²) in [5.41, 5.74) is -1.37. The molecule has 23 heavy (non-hydrogen) atoms. The molecule has 0 fully saturated rings. The molecule has 0 atom stereocenters. The van der Waals surface area contributed by atoms with Crippen LogP contribution in [0.3, 0.4) is 0 Å². The lowest BCUT2D eigenvalue weighted by Gasteiger charge is -2.16. The molecule has 0 saturated heterocycles. The maximum atomic E-state index is 14.4. The number of nitrogens with zero attached hydrogens (tertiary/aromatic N) is 2. The second kappa shape index (κ2) is 9.60. The molecule has 1 aromatic carbocycles. The molecule has 0 amide bonds. The van der Waals surface area contributed by atoms with Gasteiger partial charge in [0.15, 0.2) is 11.6 Å². The predicted octanol–water partition coefficient (Wildman–Crippen LogP) is 3.30. The van der Waals surface area contributed by atoms with E-state index in [9.17, 15) is 8.78 Å². The number of ether oxygens (including phenoxy) is 3. The highest BCUT2D eigenvalue weighted by molar-refractivity contribution is 5.58. The zero-order valence-corrected chi connectivity index (χ0v) is 13.1. The van der Waals surface area contributed by atoms with E-state index in [0.29, 0.717) is 19.4 Å². The van der Waals surface area contributed by atoms with Gasteiger partial charge in [-0.25, -0.2) is 8.78 Å². The number of benzene rings is 1. The Morgan fingerprint density at radius 3 is 1.74 bits per heavy atom. The lowest BCUT2D eigenvalue weighted by molar-refractivity contribution is 0.166. The second-order valence-electron chi connectivity index (χ2n) is 4.66. The van der Waals surface area contributed by atoms with Crippen LogP contribution in [0.25, 0.3) is 0 Å². The van der Waals surface area contributed by atoms with Gasteiger partial charge in [-0.15, -0.1) is 0 Å². The van der Waals surface area contributed by atoms with E-state index in [-0.39, 0.29) is 13.2 Å². The number of nitriles is 2. The molecule has 0 radical (unpaired) electrons. The van der Waals surface area contributed by atoms with Crippen molar-refractivity contribution < 1.29 is 23.0 Å². The average Bonchev–Trinajstić information content (AvgIpc) is 2.55. The molecule has 5 nitrogen and oxygen atoms in total. The smallest absolute Gasteiger partial charge is 0.201 e. The minimum atomic E-state index is -1.09. The van der Waals surface area contributed by atoms with Crippen molar-refractivity contribution in [3.8, 4) is 23.6 Å². The molecule has 0 spiro atoms. The summed E-state index contributed by atoms with van der Waals surface area (Å²) in [5, 5.41) is 17.9. The lowest BCUT2D eigenvalue weighted by atomic mass is 10.1. The number of unbranched alkanes of at least 4 members (excludes halogenated alkanes) is 1. The molecule has 0 aliphatic heterocycles. The number of methoxy groups -OCH3 is 1. The summed E-state index contributed by atoms with van der Waals surface area (Å²) in [6.45, 7) is 2.52. The van der Waals surface area contributed by atoms with Crippen molar-refractivity contribution in [1.82, 2.24) is 0 Å². The molecule has 0 heterocycles. The van der Waals surface area contributed by atoms with Crippen LogP contribution in [0.2, 0.25) is 0 Å². The molecule has 0 saturated carbocycles. The van der Waals surface area contributed by atoms with Gasteiger partial charge in [0.05, 0.1) is 13.2 Å². The minimum absolute atomic E-state index is 0.0606. The van der Waals surface area contributed by atoms with Gasteiger partial charge in [-0.1, -0.05) is 13.3 Å². The fraction of sp³-hybridized carbons (Fsp3) is 0.500. The van der Waals surface area contributed by atoms with Gasteiger partial charge in [0.2, 0.25) is 11.5 Å². The van der Waals surface area contributed by atoms with E-state index in [4.69, 9.17) is 24.7 Å². The van der Waals surface area contributed by atoms with Gasteiger partial charge < -0.3 is 14.2 Å². The van der Waals surface area contributed by atoms with E-state index in [1.165, 1.54) is 19.2 Å². The van der Waals surface area contributed by atoms with Crippen LogP contribution in [0.5, 0.6) is 11.5 Å². The summed E-state index contributed by atoms with van der Waals surface area (Å²) in [5.74, 6) is -3.12. The van der Waals surface area contributed by atoms with Crippen molar-refractivity contribution >= 4 is 0 Å². The van der Waals surface area contributed by atoms with Crippen molar-refractivity contribution in [2.24, 2.45) is 0 Å². The first-order valence-corrected chi connectivity index (χ1v) is 7.21. The first kappa shape index (κ1) is 18.7. The molecule has 124 valence electrons. The quantitative estimate of drug-likeness (QED) is 0.651. The van der Waals surface area contributed by atoms with Crippen LogP contribution in [0.4, 0.5) is 8.78 Å². The van der Waals surface area contributed by atoms with Crippen LogP contribution in [-0.4, -0.2) is 26.9 Å². The van der Waals surface area contributed by atoms with Crippen molar-refractivity contribution in [3.63, 3.8) is 0 Å². The maximum Gasteiger partial charge on any atom is 0.201 e. The van der Waals surface area contributed by atoms with Gasteiger partial charge >= 0.3 is 0 Å². The summed E-state index contributed by atoms with van der Waals surface area (Å²) < 4.78 is 44.1. The molecular weight excluding hydrogens is 306 g/mol. The van der Waals surface area contributed by atoms with Gasteiger partial charge in [0.1, 0.15) is 23.3 Å². The molecule has 0 aromatic heterocycles. The maximum absolute atomic E-state index is 14.4. The lowest BCUT2D eigenvalue weighted by Crippen LogP contribution is -2.10. The second-order valence-corrected chi connectivity index (χ2v) is 4.66. The highest BCUT2D eigenvalue weighted by Gasteiger charge is 2.27. The first-order valence-electron chi connectivity index (χ1n) is 7.21. The van der Waals surface area contributed by atoms with E-state index < -0.39 is 34.3 Å². The monoisotopic (exact) mass is 324 g/mol. The van der Waals surface area contributed by atoms with Crippen LogP contribution in [0.15, 0.2) is 0 Å². The van der Waals surface area contributed by atoms with Gasteiger partial charge in [-0.2, -0.15) is 10.5 Å². The SMILES string of the molecule is CCCCOc1c(F)c(C#N)c(C#N)c(F)c1OCCCOC. The highest BCUT2D eigenvalue weighted by Crippen LogP contribution is 2.38. The van der Waals surface area contributed by atoms with Crippen molar-refractivity contribution in [2.75, 3.05) is 26.9 Å². The normalized spacial score (nSPS) is 10.0. The van der Waals surface area contributed by atoms with E-state index >= 15 is 0 Å². The number of halogens is 2. The van der Waals surface area contributed by atoms with Crippen LogP contribution < -0.4 is 9.47 Å². The zero-order valence-electron chi connectivity index (χ0n) is 13.1. The molecule has 0 aliphatic rings. The first-order chi connectivity index (χ1) is 11.1. The van der Waals surface area contributed by atoms with E-state index in [1.807, 2.05) is 6.92 Å². The Kier molecular flexibility index (Phi) is 7.79. The predicted molar refractivity (Wildman–Crippen MR) is 78.2 cm³/mol. The molecular formula is C16H18F2N2O3. The third-order valence-electron chi connectivity index (χ3n) is 3.00. The van der Waals surface area contributed by atoms with Crippen LogP contribution in [0.1, 0.15) is 37.3 Å². The summed E-state index contributed by atoms with van der Waals surface area (Å²) in [4.78, 5) is 0. The van der Waals surface area contributed by atoms with Gasteiger partial charge in [-0.05, 0) is 6.42 Å². The van der Waals surface area contributed by atoms with E-state index in [2.05, 4.69) is 0 Å². The Bertz CT molecular complexity index is 621. The Morgan fingerprint density at radius 2 is 1.35 bits per heavy atom. The van der Waals surface area contributed by atoms with Crippen molar-refractivity contribution in [2.45, 2.75) is 26.2 Å². The molecule has 0 bridgehead atoms. The molecule has 1 aromatic rings. The van der Waals surface area contributed by atoms with E-state index in [1.54, 1.807) is 0 Å². The molecule has 0 N–H and O–H groups in total. The van der Waals surface area contributed by atoms with Crippen LogP contribution in [-0.2, 0) is 4.74 Å². The molecule has 7 heteroatoms. The highest BCUT2D eigenvalue weighted by atomic mass is 19.1. The van der Waals surface area contributed by atoms with E-state index in [0.717, 1.165) is 6.42 Å². The van der Waals surface area contributed by atoms with Crippen molar-refractivity contribution in [1.29, 1.82) is 10.5 Å². The largest absolute Gasteiger partial charge is 0.487 e. The third kappa shape index (κ3) is 4.54.